The Kier molecular flexibility index (Phi) is 3.30. The van der Waals surface area contributed by atoms with Crippen molar-refractivity contribution < 1.29 is 4.52 Å². The highest BCUT2D eigenvalue weighted by Gasteiger charge is 2.05. The van der Waals surface area contributed by atoms with Crippen LogP contribution in [0.4, 0.5) is 0 Å². The predicted molar refractivity (Wildman–Crippen MR) is 74.1 cm³/mol. The number of nitrogens with zero attached hydrogens (tertiary/aromatic N) is 2. The van der Waals surface area contributed by atoms with Gasteiger partial charge in [-0.1, -0.05) is 23.4 Å². The van der Waals surface area contributed by atoms with Gasteiger partial charge in [0.05, 0.1) is 6.54 Å². The van der Waals surface area contributed by atoms with Crippen LogP contribution < -0.4 is 10.9 Å². The second-order valence-corrected chi connectivity index (χ2v) is 4.55. The maximum absolute atomic E-state index is 11.9. The fourth-order valence-corrected chi connectivity index (χ4v) is 2.04. The summed E-state index contributed by atoms with van der Waals surface area (Å²) in [5.41, 5.74) is 1.44. The van der Waals surface area contributed by atoms with Crippen molar-refractivity contribution in [2.24, 2.45) is 0 Å². The Morgan fingerprint density at radius 3 is 2.95 bits per heavy atom. The van der Waals surface area contributed by atoms with E-state index in [1.807, 2.05) is 30.3 Å². The molecule has 0 saturated heterocycles. The van der Waals surface area contributed by atoms with Crippen LogP contribution in [-0.4, -0.2) is 15.1 Å². The summed E-state index contributed by atoms with van der Waals surface area (Å²) in [6, 6.07) is 9.58. The highest BCUT2D eigenvalue weighted by atomic mass is 16.5. The molecule has 102 valence electrons. The summed E-state index contributed by atoms with van der Waals surface area (Å²) in [5, 5.41) is 7.84. The van der Waals surface area contributed by atoms with Gasteiger partial charge in [0.1, 0.15) is 0 Å². The largest absolute Gasteiger partial charge is 0.338 e. The first-order valence-electron chi connectivity index (χ1n) is 6.33. The predicted octanol–water partition coefficient (Wildman–Crippen LogP) is 1.51. The van der Waals surface area contributed by atoms with E-state index in [0.29, 0.717) is 30.4 Å². The van der Waals surface area contributed by atoms with Crippen LogP contribution in [0.3, 0.4) is 0 Å². The van der Waals surface area contributed by atoms with E-state index in [2.05, 4.69) is 20.4 Å². The summed E-state index contributed by atoms with van der Waals surface area (Å²) in [7, 11) is 0. The minimum absolute atomic E-state index is 0.0853. The number of para-hydroxylation sites is 1. The van der Waals surface area contributed by atoms with E-state index in [1.165, 1.54) is 0 Å². The minimum Gasteiger partial charge on any atom is -0.338 e. The highest BCUT2D eigenvalue weighted by molar-refractivity contribution is 5.78. The third-order valence-electron chi connectivity index (χ3n) is 2.99. The average Bonchev–Trinajstić information content (AvgIpc) is 2.85. The summed E-state index contributed by atoms with van der Waals surface area (Å²) in [4.78, 5) is 18.9. The van der Waals surface area contributed by atoms with Crippen LogP contribution in [0.1, 0.15) is 17.3 Å². The number of fused-ring (bicyclic) bond motifs is 1. The zero-order valence-corrected chi connectivity index (χ0v) is 11.0. The van der Waals surface area contributed by atoms with Crippen molar-refractivity contribution in [1.82, 2.24) is 20.4 Å². The maximum atomic E-state index is 11.9. The molecule has 3 aromatic rings. The standard InChI is InChI=1S/C14H14N4O2/c1-9-16-13(20-18-9)8-15-7-11-6-10-4-2-3-5-12(10)17-14(11)19/h2-6,15H,7-8H2,1H3,(H,17,19). The lowest BCUT2D eigenvalue weighted by Gasteiger charge is -2.03. The van der Waals surface area contributed by atoms with Crippen LogP contribution in [0.5, 0.6) is 0 Å². The molecule has 0 bridgehead atoms. The molecule has 0 aliphatic heterocycles. The van der Waals surface area contributed by atoms with E-state index in [1.54, 1.807) is 6.92 Å². The van der Waals surface area contributed by atoms with Gasteiger partial charge in [-0.2, -0.15) is 4.98 Å². The molecule has 2 aromatic heterocycles. The van der Waals surface area contributed by atoms with E-state index in [9.17, 15) is 4.79 Å². The van der Waals surface area contributed by atoms with E-state index >= 15 is 0 Å². The Bertz CT molecular complexity index is 791. The lowest BCUT2D eigenvalue weighted by Crippen LogP contribution is -2.20. The van der Waals surface area contributed by atoms with Crippen molar-refractivity contribution in [2.75, 3.05) is 0 Å². The molecular formula is C14H14N4O2. The first kappa shape index (κ1) is 12.6. The van der Waals surface area contributed by atoms with Gasteiger partial charge in [-0.25, -0.2) is 0 Å². The summed E-state index contributed by atoms with van der Waals surface area (Å²) >= 11 is 0. The molecule has 0 saturated carbocycles. The second kappa shape index (κ2) is 5.26. The first-order chi connectivity index (χ1) is 9.72. The molecule has 0 unspecified atom stereocenters. The van der Waals surface area contributed by atoms with Crippen molar-refractivity contribution in [3.05, 3.63) is 58.0 Å². The van der Waals surface area contributed by atoms with Gasteiger partial charge in [0.2, 0.25) is 5.89 Å². The number of aryl methyl sites for hydroxylation is 1. The number of hydrogen-bond donors (Lipinski definition) is 2. The number of aromatic nitrogens is 3. The van der Waals surface area contributed by atoms with Gasteiger partial charge in [0.15, 0.2) is 5.82 Å². The van der Waals surface area contributed by atoms with Gasteiger partial charge >= 0.3 is 0 Å². The molecule has 1 aromatic carbocycles. The van der Waals surface area contributed by atoms with Crippen molar-refractivity contribution in [2.45, 2.75) is 20.0 Å². The van der Waals surface area contributed by atoms with E-state index in [0.717, 1.165) is 10.9 Å². The van der Waals surface area contributed by atoms with Crippen LogP contribution in [0.25, 0.3) is 10.9 Å². The minimum atomic E-state index is -0.0853. The lowest BCUT2D eigenvalue weighted by molar-refractivity contribution is 0.364. The molecule has 2 heterocycles. The lowest BCUT2D eigenvalue weighted by atomic mass is 10.1. The fourth-order valence-electron chi connectivity index (χ4n) is 2.04. The Morgan fingerprint density at radius 1 is 1.30 bits per heavy atom. The second-order valence-electron chi connectivity index (χ2n) is 4.55. The summed E-state index contributed by atoms with van der Waals surface area (Å²) in [6.07, 6.45) is 0. The molecule has 0 radical (unpaired) electrons. The van der Waals surface area contributed by atoms with E-state index < -0.39 is 0 Å². The van der Waals surface area contributed by atoms with Crippen molar-refractivity contribution in [1.29, 1.82) is 0 Å². The SMILES string of the molecule is Cc1noc(CNCc2cc3ccccc3[nH]c2=O)n1. The van der Waals surface area contributed by atoms with Crippen LogP contribution in [-0.2, 0) is 13.1 Å². The third kappa shape index (κ3) is 2.60. The fraction of sp³-hybridized carbons (Fsp3) is 0.214. The van der Waals surface area contributed by atoms with Crippen LogP contribution in [0, 0.1) is 6.92 Å². The molecule has 0 fully saturated rings. The van der Waals surface area contributed by atoms with Gasteiger partial charge in [-0.05, 0) is 24.4 Å². The number of hydrogen-bond acceptors (Lipinski definition) is 5. The third-order valence-corrected chi connectivity index (χ3v) is 2.99. The first-order valence-corrected chi connectivity index (χ1v) is 6.33. The molecule has 0 aliphatic rings. The Balaban J connectivity index is 1.74. The molecule has 0 spiro atoms. The summed E-state index contributed by atoms with van der Waals surface area (Å²) in [6.45, 7) is 2.65. The molecule has 6 nitrogen and oxygen atoms in total. The van der Waals surface area contributed by atoms with Gasteiger partial charge < -0.3 is 14.8 Å². The van der Waals surface area contributed by atoms with Crippen molar-refractivity contribution in [3.63, 3.8) is 0 Å². The van der Waals surface area contributed by atoms with Crippen LogP contribution in [0.15, 0.2) is 39.6 Å². The number of H-pyrrole nitrogens is 1. The monoisotopic (exact) mass is 270 g/mol. The molecule has 0 atom stereocenters. The zero-order valence-electron chi connectivity index (χ0n) is 11.0. The molecule has 0 amide bonds. The van der Waals surface area contributed by atoms with Gasteiger partial charge in [0, 0.05) is 17.6 Å². The van der Waals surface area contributed by atoms with Gasteiger partial charge in [-0.3, -0.25) is 4.79 Å². The summed E-state index contributed by atoms with van der Waals surface area (Å²) in [5.74, 6) is 1.12. The number of aromatic amines is 1. The summed E-state index contributed by atoms with van der Waals surface area (Å²) < 4.78 is 4.99. The zero-order chi connectivity index (χ0) is 13.9. The van der Waals surface area contributed by atoms with Crippen LogP contribution >= 0.6 is 0 Å². The maximum Gasteiger partial charge on any atom is 0.252 e. The molecule has 6 heteroatoms. The Morgan fingerprint density at radius 2 is 2.15 bits per heavy atom. The molecule has 2 N–H and O–H groups in total. The van der Waals surface area contributed by atoms with Crippen LogP contribution in [0.2, 0.25) is 0 Å². The number of benzene rings is 1. The molecule has 20 heavy (non-hydrogen) atoms. The van der Waals surface area contributed by atoms with Crippen molar-refractivity contribution in [3.8, 4) is 0 Å². The molecule has 0 aliphatic carbocycles. The smallest absolute Gasteiger partial charge is 0.252 e. The van der Waals surface area contributed by atoms with E-state index in [-0.39, 0.29) is 5.56 Å². The highest BCUT2D eigenvalue weighted by Crippen LogP contribution is 2.09. The molecule has 3 rings (SSSR count). The van der Waals surface area contributed by atoms with Gasteiger partial charge in [-0.15, -0.1) is 0 Å². The van der Waals surface area contributed by atoms with Crippen molar-refractivity contribution >= 4 is 10.9 Å². The Hall–Kier alpha value is -2.47. The molecular weight excluding hydrogens is 256 g/mol. The van der Waals surface area contributed by atoms with E-state index in [4.69, 9.17) is 4.52 Å². The normalized spacial score (nSPS) is 11.1. The topological polar surface area (TPSA) is 83.8 Å². The average molecular weight is 270 g/mol. The number of nitrogens with one attached hydrogen (secondary N) is 2. The van der Waals surface area contributed by atoms with Gasteiger partial charge in [0.25, 0.3) is 5.56 Å². The number of pyridine rings is 1. The quantitative estimate of drug-likeness (QED) is 0.750. The number of rotatable bonds is 4. The Labute approximate surface area is 114 Å².